The molecular formula is C24H26BrNO4. The van der Waals surface area contributed by atoms with Crippen LogP contribution in [0.5, 0.6) is 11.5 Å². The Hall–Kier alpha value is -2.73. The first-order valence-electron chi connectivity index (χ1n) is 9.78. The molecule has 158 valence electrons. The molecule has 3 rings (SSSR count). The van der Waals surface area contributed by atoms with Crippen LogP contribution in [0.25, 0.3) is 10.8 Å². The number of alkyl halides is 1. The van der Waals surface area contributed by atoms with Crippen LogP contribution in [0, 0.1) is 0 Å². The van der Waals surface area contributed by atoms with Crippen LogP contribution in [-0.4, -0.2) is 23.6 Å². The first kappa shape index (κ1) is 22.0. The minimum absolute atomic E-state index is 0.432. The largest absolute Gasteiger partial charge is 0.493 e. The highest BCUT2D eigenvalue weighted by atomic mass is 79.9. The molecule has 30 heavy (non-hydrogen) atoms. The summed E-state index contributed by atoms with van der Waals surface area (Å²) in [4.78, 5) is 12.2. The summed E-state index contributed by atoms with van der Waals surface area (Å²) < 4.78 is 17.0. The zero-order valence-electron chi connectivity index (χ0n) is 17.4. The van der Waals surface area contributed by atoms with E-state index in [-0.39, 0.29) is 0 Å². The first-order chi connectivity index (χ1) is 14.4. The van der Waals surface area contributed by atoms with Gasteiger partial charge in [0.25, 0.3) is 0 Å². The molecule has 1 amide bonds. The monoisotopic (exact) mass is 471 g/mol. The minimum atomic E-state index is -0.558. The van der Waals surface area contributed by atoms with Crippen LogP contribution in [0.15, 0.2) is 60.7 Å². The van der Waals surface area contributed by atoms with E-state index in [1.54, 1.807) is 0 Å². The molecule has 0 fully saturated rings. The second kappa shape index (κ2) is 9.85. The van der Waals surface area contributed by atoms with E-state index in [1.165, 1.54) is 0 Å². The molecule has 0 aliphatic carbocycles. The Bertz CT molecular complexity index is 996. The summed E-state index contributed by atoms with van der Waals surface area (Å²) in [6, 6.07) is 19.4. The Kier molecular flexibility index (Phi) is 7.21. The number of anilines is 1. The van der Waals surface area contributed by atoms with E-state index in [0.717, 1.165) is 33.2 Å². The molecule has 0 spiro atoms. The van der Waals surface area contributed by atoms with Crippen molar-refractivity contribution in [3.63, 3.8) is 0 Å². The number of amides is 1. The number of fused-ring (bicyclic) bond motifs is 1. The third kappa shape index (κ3) is 6.13. The van der Waals surface area contributed by atoms with Crippen molar-refractivity contribution in [3.05, 3.63) is 66.2 Å². The maximum atomic E-state index is 12.2. The normalized spacial score (nSPS) is 11.2. The van der Waals surface area contributed by atoms with Gasteiger partial charge in [-0.05, 0) is 50.6 Å². The number of hydrogen-bond acceptors (Lipinski definition) is 4. The van der Waals surface area contributed by atoms with Gasteiger partial charge in [0.15, 0.2) is 0 Å². The van der Waals surface area contributed by atoms with Crippen molar-refractivity contribution in [2.45, 2.75) is 33.0 Å². The van der Waals surface area contributed by atoms with Gasteiger partial charge >= 0.3 is 6.09 Å². The predicted molar refractivity (Wildman–Crippen MR) is 124 cm³/mol. The molecule has 0 atom stereocenters. The second-order valence-corrected chi connectivity index (χ2v) is 8.55. The molecule has 6 heteroatoms. The Balaban J connectivity index is 1.73. The van der Waals surface area contributed by atoms with Gasteiger partial charge in [0.1, 0.15) is 23.7 Å². The summed E-state index contributed by atoms with van der Waals surface area (Å²) in [5.41, 5.74) is 1.17. The molecule has 0 heterocycles. The Labute approximate surface area is 185 Å². The summed E-state index contributed by atoms with van der Waals surface area (Å²) in [6.07, 6.45) is -0.483. The fourth-order valence-corrected chi connectivity index (χ4v) is 3.08. The van der Waals surface area contributed by atoms with Crippen molar-refractivity contribution in [1.29, 1.82) is 0 Å². The van der Waals surface area contributed by atoms with E-state index in [2.05, 4.69) is 21.2 Å². The van der Waals surface area contributed by atoms with Gasteiger partial charge in [-0.3, -0.25) is 5.32 Å². The van der Waals surface area contributed by atoms with Gasteiger partial charge in [-0.1, -0.05) is 52.3 Å². The first-order valence-corrected chi connectivity index (χ1v) is 10.9. The van der Waals surface area contributed by atoms with Crippen LogP contribution in [0.1, 0.15) is 26.3 Å². The lowest BCUT2D eigenvalue weighted by Crippen LogP contribution is -2.27. The number of halogens is 1. The summed E-state index contributed by atoms with van der Waals surface area (Å²) >= 11 is 3.35. The maximum Gasteiger partial charge on any atom is 0.412 e. The van der Waals surface area contributed by atoms with Crippen molar-refractivity contribution >= 4 is 38.5 Å². The van der Waals surface area contributed by atoms with Gasteiger partial charge in [0.2, 0.25) is 0 Å². The van der Waals surface area contributed by atoms with Crippen LogP contribution in [0.2, 0.25) is 0 Å². The number of rotatable bonds is 7. The van der Waals surface area contributed by atoms with Gasteiger partial charge in [0.05, 0.1) is 12.3 Å². The van der Waals surface area contributed by atoms with Gasteiger partial charge in [-0.2, -0.15) is 0 Å². The zero-order chi connectivity index (χ0) is 21.6. The highest BCUT2D eigenvalue weighted by molar-refractivity contribution is 9.09. The number of benzene rings is 3. The molecule has 0 bridgehead atoms. The van der Waals surface area contributed by atoms with Crippen molar-refractivity contribution in [2.24, 2.45) is 0 Å². The number of ether oxygens (including phenoxy) is 3. The molecule has 0 unspecified atom stereocenters. The Morgan fingerprint density at radius 1 is 0.933 bits per heavy atom. The van der Waals surface area contributed by atoms with E-state index in [1.807, 2.05) is 81.4 Å². The molecule has 0 aliphatic rings. The van der Waals surface area contributed by atoms with E-state index in [9.17, 15) is 4.79 Å². The highest BCUT2D eigenvalue weighted by Crippen LogP contribution is 2.32. The fourth-order valence-electron chi connectivity index (χ4n) is 2.92. The molecule has 1 N–H and O–H groups in total. The number of nitrogens with one attached hydrogen (secondary N) is 1. The van der Waals surface area contributed by atoms with Gasteiger partial charge in [-0.15, -0.1) is 0 Å². The Morgan fingerprint density at radius 2 is 1.63 bits per heavy atom. The maximum absolute atomic E-state index is 12.2. The van der Waals surface area contributed by atoms with E-state index in [4.69, 9.17) is 14.2 Å². The molecule has 3 aromatic carbocycles. The predicted octanol–water partition coefficient (Wildman–Crippen LogP) is 6.54. The van der Waals surface area contributed by atoms with E-state index in [0.29, 0.717) is 18.9 Å². The van der Waals surface area contributed by atoms with E-state index < -0.39 is 11.7 Å². The summed E-state index contributed by atoms with van der Waals surface area (Å²) in [7, 11) is 0. The van der Waals surface area contributed by atoms with E-state index >= 15 is 0 Å². The van der Waals surface area contributed by atoms with Gasteiger partial charge < -0.3 is 14.2 Å². The highest BCUT2D eigenvalue weighted by Gasteiger charge is 2.17. The standard InChI is InChI=1S/C24H26BrNO4/c1-24(2,3)30-23(27)26-21-12-13-22(20-7-5-4-6-19(20)21)29-16-17-8-10-18(11-9-17)28-15-14-25/h4-13H,14-16H2,1-3H3,(H,26,27). The zero-order valence-corrected chi connectivity index (χ0v) is 19.0. The SMILES string of the molecule is CC(C)(C)OC(=O)Nc1ccc(OCc2ccc(OCCBr)cc2)c2ccccc12. The summed E-state index contributed by atoms with van der Waals surface area (Å²) in [6.45, 7) is 6.57. The molecule has 0 saturated heterocycles. The van der Waals surface area contributed by atoms with Crippen molar-refractivity contribution < 1.29 is 19.0 Å². The molecule has 0 aromatic heterocycles. The summed E-state index contributed by atoms with van der Waals surface area (Å²) in [5, 5.41) is 5.43. The lowest BCUT2D eigenvalue weighted by Gasteiger charge is -2.20. The fraction of sp³-hybridized carbons (Fsp3) is 0.292. The lowest BCUT2D eigenvalue weighted by atomic mass is 10.1. The van der Waals surface area contributed by atoms with Gasteiger partial charge in [0, 0.05) is 16.1 Å². The number of carbonyl (C=O) groups is 1. The van der Waals surface area contributed by atoms with Crippen LogP contribution in [0.4, 0.5) is 10.5 Å². The lowest BCUT2D eigenvalue weighted by molar-refractivity contribution is 0.0636. The molecule has 0 radical (unpaired) electrons. The molecular weight excluding hydrogens is 446 g/mol. The van der Waals surface area contributed by atoms with Gasteiger partial charge in [-0.25, -0.2) is 4.79 Å². The number of hydrogen-bond donors (Lipinski definition) is 1. The third-order valence-corrected chi connectivity index (χ3v) is 4.51. The van der Waals surface area contributed by atoms with Crippen LogP contribution in [-0.2, 0) is 11.3 Å². The second-order valence-electron chi connectivity index (χ2n) is 7.75. The van der Waals surface area contributed by atoms with Crippen molar-refractivity contribution in [2.75, 3.05) is 17.3 Å². The third-order valence-electron chi connectivity index (χ3n) is 4.18. The van der Waals surface area contributed by atoms with Crippen LogP contribution < -0.4 is 14.8 Å². The smallest absolute Gasteiger partial charge is 0.412 e. The average Bonchev–Trinajstić information content (AvgIpc) is 2.71. The van der Waals surface area contributed by atoms with Crippen molar-refractivity contribution in [1.82, 2.24) is 0 Å². The Morgan fingerprint density at radius 3 is 2.30 bits per heavy atom. The van der Waals surface area contributed by atoms with Crippen molar-refractivity contribution in [3.8, 4) is 11.5 Å². The quantitative estimate of drug-likeness (QED) is 0.397. The molecule has 5 nitrogen and oxygen atoms in total. The van der Waals surface area contributed by atoms with Crippen LogP contribution in [0.3, 0.4) is 0 Å². The molecule has 3 aromatic rings. The minimum Gasteiger partial charge on any atom is -0.493 e. The molecule has 0 aliphatic heterocycles. The number of carbonyl (C=O) groups excluding carboxylic acids is 1. The molecule has 0 saturated carbocycles. The average molecular weight is 472 g/mol. The topological polar surface area (TPSA) is 56.8 Å². The van der Waals surface area contributed by atoms with Crippen LogP contribution >= 0.6 is 15.9 Å². The summed E-state index contributed by atoms with van der Waals surface area (Å²) in [5.74, 6) is 1.58.